The van der Waals surface area contributed by atoms with Gasteiger partial charge < -0.3 is 10.0 Å². The van der Waals surface area contributed by atoms with E-state index in [0.717, 1.165) is 24.0 Å². The van der Waals surface area contributed by atoms with Crippen molar-refractivity contribution in [2.24, 2.45) is 5.92 Å². The summed E-state index contributed by atoms with van der Waals surface area (Å²) in [5.41, 5.74) is 4.65. The Bertz CT molecular complexity index is 1370. The van der Waals surface area contributed by atoms with Crippen molar-refractivity contribution >= 4 is 22.6 Å². The Labute approximate surface area is 224 Å². The van der Waals surface area contributed by atoms with Gasteiger partial charge in [0.05, 0.1) is 0 Å². The summed E-state index contributed by atoms with van der Waals surface area (Å²) in [5.74, 6) is -1.65. The summed E-state index contributed by atoms with van der Waals surface area (Å²) in [6.45, 7) is 0.822. The van der Waals surface area contributed by atoms with Gasteiger partial charge in [0, 0.05) is 19.0 Å². The first kappa shape index (κ1) is 25.7. The predicted molar refractivity (Wildman–Crippen MR) is 153 cm³/mol. The smallest absolute Gasteiger partial charge is 0.394 e. The van der Waals surface area contributed by atoms with E-state index in [9.17, 15) is 14.7 Å². The first-order valence-corrected chi connectivity index (χ1v) is 13.7. The Morgan fingerprint density at radius 2 is 1.47 bits per heavy atom. The molecule has 4 aromatic carbocycles. The molecule has 4 heteroatoms. The van der Waals surface area contributed by atoms with Gasteiger partial charge in [0.25, 0.3) is 0 Å². The second kappa shape index (κ2) is 12.1. The van der Waals surface area contributed by atoms with Gasteiger partial charge in [-0.3, -0.25) is 4.79 Å². The summed E-state index contributed by atoms with van der Waals surface area (Å²) >= 11 is 0. The van der Waals surface area contributed by atoms with E-state index in [2.05, 4.69) is 66.7 Å². The molecule has 1 atom stereocenters. The van der Waals surface area contributed by atoms with Crippen LogP contribution in [0.3, 0.4) is 0 Å². The highest BCUT2D eigenvalue weighted by Crippen LogP contribution is 2.38. The number of amides is 1. The van der Waals surface area contributed by atoms with Crippen LogP contribution in [-0.4, -0.2) is 35.0 Å². The quantitative estimate of drug-likeness (QED) is 0.255. The van der Waals surface area contributed by atoms with Crippen LogP contribution in [0.5, 0.6) is 0 Å². The summed E-state index contributed by atoms with van der Waals surface area (Å²) in [6.07, 6.45) is 6.48. The topological polar surface area (TPSA) is 57.6 Å². The molecule has 1 amide bonds. The van der Waals surface area contributed by atoms with E-state index in [0.29, 0.717) is 25.4 Å². The van der Waals surface area contributed by atoms with E-state index in [1.54, 1.807) is 4.90 Å². The maximum atomic E-state index is 12.8. The first-order chi connectivity index (χ1) is 18.6. The standard InChI is InChI=1S/C34H35NO3/c36-33(34(37)38)35(23-22-25-10-3-1-4-11-25)24-32(27-12-5-2-6-13-27)29-20-18-28(19-21-29)31-17-9-15-26-14-7-8-16-30(26)31/h1,3-4,7-11,14-21,27,32H,2,5-6,12-13,22-24H2,(H,37,38). The molecule has 1 unspecified atom stereocenters. The molecular formula is C34H35NO3. The van der Waals surface area contributed by atoms with Crippen molar-refractivity contribution in [2.75, 3.05) is 13.1 Å². The van der Waals surface area contributed by atoms with Crippen LogP contribution in [0.1, 0.15) is 49.1 Å². The number of nitrogens with zero attached hydrogens (tertiary/aromatic N) is 1. The maximum Gasteiger partial charge on any atom is 0.394 e. The zero-order chi connectivity index (χ0) is 26.3. The number of carbonyl (C=O) groups is 2. The van der Waals surface area contributed by atoms with Gasteiger partial charge in [0.1, 0.15) is 0 Å². The van der Waals surface area contributed by atoms with Gasteiger partial charge in [-0.05, 0) is 58.2 Å². The number of hydrogen-bond donors (Lipinski definition) is 1. The SMILES string of the molecule is O=C(O)C(=O)N(CCc1ccccc1)CC(c1ccc(-c2cccc3ccccc23)cc1)C1CCCCC1. The summed E-state index contributed by atoms with van der Waals surface area (Å²) in [5, 5.41) is 12.0. The van der Waals surface area contributed by atoms with Gasteiger partial charge in [0.2, 0.25) is 0 Å². The molecule has 0 saturated heterocycles. The first-order valence-electron chi connectivity index (χ1n) is 13.7. The Hall–Kier alpha value is -3.92. The molecule has 0 heterocycles. The monoisotopic (exact) mass is 505 g/mol. The number of hydrogen-bond acceptors (Lipinski definition) is 2. The molecule has 1 N–H and O–H groups in total. The highest BCUT2D eigenvalue weighted by molar-refractivity contribution is 6.31. The summed E-state index contributed by atoms with van der Waals surface area (Å²) < 4.78 is 0. The fourth-order valence-electron chi connectivity index (χ4n) is 6.01. The van der Waals surface area contributed by atoms with Crippen LogP contribution in [0.2, 0.25) is 0 Å². The zero-order valence-electron chi connectivity index (χ0n) is 21.8. The average molecular weight is 506 g/mol. The zero-order valence-corrected chi connectivity index (χ0v) is 21.8. The minimum atomic E-state index is -1.38. The van der Waals surface area contributed by atoms with Crippen LogP contribution in [-0.2, 0) is 16.0 Å². The number of aliphatic carboxylic acids is 1. The van der Waals surface area contributed by atoms with Crippen LogP contribution < -0.4 is 0 Å². The Morgan fingerprint density at radius 3 is 2.21 bits per heavy atom. The Kier molecular flexibility index (Phi) is 8.18. The second-order valence-corrected chi connectivity index (χ2v) is 10.4. The van der Waals surface area contributed by atoms with E-state index >= 15 is 0 Å². The molecule has 4 aromatic rings. The fraction of sp³-hybridized carbons (Fsp3) is 0.294. The number of carboxylic acid groups (broad SMARTS) is 1. The molecule has 194 valence electrons. The predicted octanol–water partition coefficient (Wildman–Crippen LogP) is 7.33. The number of fused-ring (bicyclic) bond motifs is 1. The van der Waals surface area contributed by atoms with Crippen LogP contribution in [0, 0.1) is 5.92 Å². The van der Waals surface area contributed by atoms with Crippen molar-refractivity contribution in [3.05, 3.63) is 108 Å². The van der Waals surface area contributed by atoms with Gasteiger partial charge >= 0.3 is 11.9 Å². The Balaban J connectivity index is 1.43. The molecule has 0 bridgehead atoms. The van der Waals surface area contributed by atoms with Crippen molar-refractivity contribution in [1.29, 1.82) is 0 Å². The number of carbonyl (C=O) groups excluding carboxylic acids is 1. The van der Waals surface area contributed by atoms with Gasteiger partial charge in [0.15, 0.2) is 0 Å². The van der Waals surface area contributed by atoms with Gasteiger partial charge in [-0.2, -0.15) is 0 Å². The van der Waals surface area contributed by atoms with Gasteiger partial charge in [-0.1, -0.05) is 116 Å². The third-order valence-electron chi connectivity index (χ3n) is 8.06. The number of carboxylic acids is 1. The van der Waals surface area contributed by atoms with E-state index in [1.165, 1.54) is 41.2 Å². The van der Waals surface area contributed by atoms with Crippen molar-refractivity contribution < 1.29 is 14.7 Å². The van der Waals surface area contributed by atoms with E-state index in [-0.39, 0.29) is 5.92 Å². The van der Waals surface area contributed by atoms with Crippen molar-refractivity contribution in [3.8, 4) is 11.1 Å². The molecule has 4 nitrogen and oxygen atoms in total. The van der Waals surface area contributed by atoms with Crippen molar-refractivity contribution in [2.45, 2.75) is 44.4 Å². The van der Waals surface area contributed by atoms with Crippen molar-refractivity contribution in [3.63, 3.8) is 0 Å². The van der Waals surface area contributed by atoms with Crippen LogP contribution in [0.4, 0.5) is 0 Å². The highest BCUT2D eigenvalue weighted by Gasteiger charge is 2.30. The summed E-state index contributed by atoms with van der Waals surface area (Å²) in [6, 6.07) is 33.5. The van der Waals surface area contributed by atoms with E-state index < -0.39 is 11.9 Å². The molecule has 1 aliphatic carbocycles. The average Bonchev–Trinajstić information content (AvgIpc) is 2.98. The largest absolute Gasteiger partial charge is 0.474 e. The second-order valence-electron chi connectivity index (χ2n) is 10.4. The van der Waals surface area contributed by atoms with Crippen LogP contribution in [0.15, 0.2) is 97.1 Å². The molecule has 1 fully saturated rings. The molecule has 0 spiro atoms. The number of benzene rings is 4. The lowest BCUT2D eigenvalue weighted by Gasteiger charge is -2.34. The third kappa shape index (κ3) is 5.96. The molecule has 0 aromatic heterocycles. The molecule has 5 rings (SSSR count). The maximum absolute atomic E-state index is 12.8. The minimum absolute atomic E-state index is 0.107. The van der Waals surface area contributed by atoms with E-state index in [1.807, 2.05) is 30.3 Å². The van der Waals surface area contributed by atoms with Crippen LogP contribution in [0.25, 0.3) is 21.9 Å². The minimum Gasteiger partial charge on any atom is -0.474 e. The normalized spacial score (nSPS) is 14.7. The molecule has 0 radical (unpaired) electrons. The molecular weight excluding hydrogens is 470 g/mol. The highest BCUT2D eigenvalue weighted by atomic mass is 16.4. The lowest BCUT2D eigenvalue weighted by Crippen LogP contribution is -2.42. The summed E-state index contributed by atoms with van der Waals surface area (Å²) in [7, 11) is 0. The lowest BCUT2D eigenvalue weighted by molar-refractivity contribution is -0.156. The summed E-state index contributed by atoms with van der Waals surface area (Å²) in [4.78, 5) is 26.1. The van der Waals surface area contributed by atoms with Gasteiger partial charge in [-0.15, -0.1) is 0 Å². The van der Waals surface area contributed by atoms with E-state index in [4.69, 9.17) is 0 Å². The fourth-order valence-corrected chi connectivity index (χ4v) is 6.01. The van der Waals surface area contributed by atoms with Gasteiger partial charge in [-0.25, -0.2) is 4.79 Å². The number of rotatable bonds is 8. The van der Waals surface area contributed by atoms with Crippen molar-refractivity contribution in [1.82, 2.24) is 4.90 Å². The lowest BCUT2D eigenvalue weighted by atomic mass is 9.76. The molecule has 1 saturated carbocycles. The molecule has 38 heavy (non-hydrogen) atoms. The third-order valence-corrected chi connectivity index (χ3v) is 8.06. The van der Waals surface area contributed by atoms with Crippen LogP contribution >= 0.6 is 0 Å². The Morgan fingerprint density at radius 1 is 0.789 bits per heavy atom. The molecule has 0 aliphatic heterocycles. The molecule has 1 aliphatic rings.